The molecular formula is C18H21ClFN5O2. The lowest BCUT2D eigenvalue weighted by Gasteiger charge is -2.30. The molecule has 4 rings (SSSR count). The second-order valence-electron chi connectivity index (χ2n) is 6.77. The Labute approximate surface area is 161 Å². The van der Waals surface area contributed by atoms with E-state index in [1.807, 2.05) is 10.9 Å². The van der Waals surface area contributed by atoms with Gasteiger partial charge in [0, 0.05) is 32.4 Å². The summed E-state index contributed by atoms with van der Waals surface area (Å²) < 4.78 is 20.7. The molecule has 1 fully saturated rings. The van der Waals surface area contributed by atoms with E-state index >= 15 is 0 Å². The van der Waals surface area contributed by atoms with E-state index in [0.29, 0.717) is 25.3 Å². The first kappa shape index (κ1) is 18.1. The zero-order chi connectivity index (χ0) is 19.0. The molecule has 7 nitrogen and oxygen atoms in total. The van der Waals surface area contributed by atoms with Crippen LogP contribution in [0, 0.1) is 5.82 Å². The van der Waals surface area contributed by atoms with Crippen LogP contribution in [0.2, 0.25) is 5.02 Å². The molecule has 1 aromatic carbocycles. The largest absolute Gasteiger partial charge is 0.380 e. The van der Waals surface area contributed by atoms with Gasteiger partial charge in [0.05, 0.1) is 41.8 Å². The zero-order valence-electron chi connectivity index (χ0n) is 15.0. The summed E-state index contributed by atoms with van der Waals surface area (Å²) in [5, 5.41) is 7.23. The van der Waals surface area contributed by atoms with E-state index in [4.69, 9.17) is 16.3 Å². The molecule has 0 aliphatic carbocycles. The van der Waals surface area contributed by atoms with Crippen LogP contribution in [0.5, 0.6) is 0 Å². The number of urea groups is 1. The Bertz CT molecular complexity index is 858. The van der Waals surface area contributed by atoms with E-state index in [-0.39, 0.29) is 17.2 Å². The fraction of sp³-hybridized carbons (Fsp3) is 0.444. The van der Waals surface area contributed by atoms with Crippen LogP contribution >= 0.6 is 11.6 Å². The molecule has 2 aromatic rings. The fourth-order valence-electron chi connectivity index (χ4n) is 3.58. The number of anilines is 2. The first-order chi connectivity index (χ1) is 13.0. The number of methoxy groups -OCH3 is 1. The summed E-state index contributed by atoms with van der Waals surface area (Å²) in [5.41, 5.74) is 2.54. The number of amides is 2. The Morgan fingerprint density at radius 3 is 2.96 bits per heavy atom. The number of rotatable bonds is 3. The molecule has 0 radical (unpaired) electrons. The highest BCUT2D eigenvalue weighted by atomic mass is 35.5. The van der Waals surface area contributed by atoms with Gasteiger partial charge in [-0.15, -0.1) is 0 Å². The predicted molar refractivity (Wildman–Crippen MR) is 101 cm³/mol. The van der Waals surface area contributed by atoms with Crippen molar-refractivity contribution in [1.29, 1.82) is 0 Å². The number of ether oxygens (including phenoxy) is 1. The zero-order valence-corrected chi connectivity index (χ0v) is 15.7. The molecule has 0 bridgehead atoms. The van der Waals surface area contributed by atoms with Gasteiger partial charge in [0.25, 0.3) is 0 Å². The second kappa shape index (κ2) is 7.36. The molecule has 144 valence electrons. The van der Waals surface area contributed by atoms with Crippen LogP contribution in [0.3, 0.4) is 0 Å². The number of benzene rings is 1. The molecule has 2 aliphatic rings. The molecule has 0 saturated carbocycles. The average molecular weight is 394 g/mol. The minimum atomic E-state index is -0.513. The van der Waals surface area contributed by atoms with Crippen molar-refractivity contribution in [1.82, 2.24) is 14.7 Å². The maximum Gasteiger partial charge on any atom is 0.322 e. The van der Waals surface area contributed by atoms with Gasteiger partial charge in [-0.1, -0.05) is 11.6 Å². The summed E-state index contributed by atoms with van der Waals surface area (Å²) in [7, 11) is 1.73. The minimum absolute atomic E-state index is 0.0199. The summed E-state index contributed by atoms with van der Waals surface area (Å²) >= 11 is 5.79. The normalized spacial score (nSPS) is 19.3. The van der Waals surface area contributed by atoms with E-state index in [1.54, 1.807) is 12.0 Å². The maximum atomic E-state index is 13.3. The average Bonchev–Trinajstić information content (AvgIpc) is 3.30. The van der Waals surface area contributed by atoms with E-state index in [2.05, 4.69) is 15.3 Å². The molecule has 1 aromatic heterocycles. The fourth-order valence-corrected chi connectivity index (χ4v) is 3.77. The van der Waals surface area contributed by atoms with Gasteiger partial charge in [-0.05, 0) is 24.6 Å². The van der Waals surface area contributed by atoms with Crippen molar-refractivity contribution in [3.05, 3.63) is 40.9 Å². The van der Waals surface area contributed by atoms with Crippen molar-refractivity contribution in [2.24, 2.45) is 0 Å². The van der Waals surface area contributed by atoms with Crippen LogP contribution < -0.4 is 10.2 Å². The smallest absolute Gasteiger partial charge is 0.322 e. The van der Waals surface area contributed by atoms with Crippen molar-refractivity contribution in [2.45, 2.75) is 25.6 Å². The first-order valence-corrected chi connectivity index (χ1v) is 9.26. The quantitative estimate of drug-likeness (QED) is 0.870. The Morgan fingerprint density at radius 2 is 2.22 bits per heavy atom. The topological polar surface area (TPSA) is 62.6 Å². The van der Waals surface area contributed by atoms with Gasteiger partial charge in [0.1, 0.15) is 5.82 Å². The van der Waals surface area contributed by atoms with Crippen LogP contribution in [0.25, 0.3) is 0 Å². The van der Waals surface area contributed by atoms with Crippen LogP contribution in [-0.4, -0.2) is 53.6 Å². The van der Waals surface area contributed by atoms with Gasteiger partial charge in [0.15, 0.2) is 0 Å². The van der Waals surface area contributed by atoms with Crippen molar-refractivity contribution < 1.29 is 13.9 Å². The van der Waals surface area contributed by atoms with Gasteiger partial charge in [-0.3, -0.25) is 4.68 Å². The number of fused-ring (bicyclic) bond motifs is 1. The SMILES string of the molecule is COC1CCN(c2cnn3c2CN(C(=O)Nc2ccc(F)c(Cl)c2)CC3)C1. The summed E-state index contributed by atoms with van der Waals surface area (Å²) in [6.45, 7) is 3.39. The van der Waals surface area contributed by atoms with Crippen LogP contribution in [0.15, 0.2) is 24.4 Å². The van der Waals surface area contributed by atoms with Gasteiger partial charge in [-0.2, -0.15) is 5.10 Å². The summed E-state index contributed by atoms with van der Waals surface area (Å²) in [4.78, 5) is 16.6. The minimum Gasteiger partial charge on any atom is -0.380 e. The molecule has 1 N–H and O–H groups in total. The van der Waals surface area contributed by atoms with Crippen LogP contribution in [0.4, 0.5) is 20.6 Å². The highest BCUT2D eigenvalue weighted by molar-refractivity contribution is 6.31. The Hall–Kier alpha value is -2.32. The highest BCUT2D eigenvalue weighted by Crippen LogP contribution is 2.29. The monoisotopic (exact) mass is 393 g/mol. The molecule has 3 heterocycles. The number of hydrogen-bond acceptors (Lipinski definition) is 4. The molecule has 1 atom stereocenters. The lowest BCUT2D eigenvalue weighted by molar-refractivity contribution is 0.121. The third-order valence-electron chi connectivity index (χ3n) is 5.13. The Balaban J connectivity index is 1.46. The van der Waals surface area contributed by atoms with Gasteiger partial charge in [-0.25, -0.2) is 9.18 Å². The molecule has 1 unspecified atom stereocenters. The van der Waals surface area contributed by atoms with Crippen molar-refractivity contribution in [2.75, 3.05) is 37.0 Å². The molecule has 9 heteroatoms. The summed E-state index contributed by atoms with van der Waals surface area (Å²) in [6.07, 6.45) is 3.08. The Kier molecular flexibility index (Phi) is 4.92. The standard InChI is InChI=1S/C18H21ClFN5O2/c1-27-13-4-5-23(10-13)16-9-21-25-7-6-24(11-17(16)25)18(26)22-12-2-3-15(20)14(19)8-12/h2-3,8-9,13H,4-7,10-11H2,1H3,(H,22,26). The molecule has 1 saturated heterocycles. The van der Waals surface area contributed by atoms with Crippen molar-refractivity contribution in [3.63, 3.8) is 0 Å². The number of carbonyl (C=O) groups is 1. The van der Waals surface area contributed by atoms with Crippen molar-refractivity contribution >= 4 is 29.0 Å². The van der Waals surface area contributed by atoms with E-state index in [1.165, 1.54) is 18.2 Å². The van der Waals surface area contributed by atoms with Crippen LogP contribution in [-0.2, 0) is 17.8 Å². The Morgan fingerprint density at radius 1 is 1.37 bits per heavy atom. The van der Waals surface area contributed by atoms with Gasteiger partial charge < -0.3 is 19.9 Å². The number of aromatic nitrogens is 2. The molecule has 27 heavy (non-hydrogen) atoms. The molecule has 2 aliphatic heterocycles. The molecule has 0 spiro atoms. The third kappa shape index (κ3) is 3.59. The molecule has 2 amide bonds. The predicted octanol–water partition coefficient (Wildman–Crippen LogP) is 2.95. The number of carbonyl (C=O) groups excluding carboxylic acids is 1. The third-order valence-corrected chi connectivity index (χ3v) is 5.42. The number of hydrogen-bond donors (Lipinski definition) is 1. The van der Waals surface area contributed by atoms with Crippen LogP contribution in [0.1, 0.15) is 12.1 Å². The van der Waals surface area contributed by atoms with E-state index in [9.17, 15) is 9.18 Å². The summed E-state index contributed by atoms with van der Waals surface area (Å²) in [5.74, 6) is -0.513. The molecular weight excluding hydrogens is 373 g/mol. The number of nitrogens with one attached hydrogen (secondary N) is 1. The number of halogens is 2. The number of nitrogens with zero attached hydrogens (tertiary/aromatic N) is 4. The maximum absolute atomic E-state index is 13.3. The first-order valence-electron chi connectivity index (χ1n) is 8.88. The van der Waals surface area contributed by atoms with E-state index in [0.717, 1.165) is 30.9 Å². The second-order valence-corrected chi connectivity index (χ2v) is 7.18. The highest BCUT2D eigenvalue weighted by Gasteiger charge is 2.29. The van der Waals surface area contributed by atoms with Crippen molar-refractivity contribution in [3.8, 4) is 0 Å². The van der Waals surface area contributed by atoms with Gasteiger partial charge in [0.2, 0.25) is 0 Å². The lowest BCUT2D eigenvalue weighted by atomic mass is 10.2. The van der Waals surface area contributed by atoms with E-state index < -0.39 is 5.82 Å². The lowest BCUT2D eigenvalue weighted by Crippen LogP contribution is -2.41. The van der Waals surface area contributed by atoms with Gasteiger partial charge >= 0.3 is 6.03 Å². The summed E-state index contributed by atoms with van der Waals surface area (Å²) in [6, 6.07) is 3.89.